The summed E-state index contributed by atoms with van der Waals surface area (Å²) in [5.74, 6) is -1.95. The SMILES string of the molecule is CC[C@@]1(C)NC(=O)N(CC(=O)OCC(=O)Nc2sc3c(c2C#N)CCCC3)C1=O. The Balaban J connectivity index is 1.55. The number of anilines is 1. The van der Waals surface area contributed by atoms with Gasteiger partial charge < -0.3 is 15.4 Å². The maximum Gasteiger partial charge on any atom is 0.326 e. The van der Waals surface area contributed by atoms with Crippen molar-refractivity contribution in [1.82, 2.24) is 10.2 Å². The number of nitrogens with zero attached hydrogens (tertiary/aromatic N) is 2. The largest absolute Gasteiger partial charge is 0.454 e. The average Bonchev–Trinajstić information content (AvgIpc) is 3.15. The van der Waals surface area contributed by atoms with Crippen LogP contribution in [0.3, 0.4) is 0 Å². The normalized spacial score (nSPS) is 20.7. The van der Waals surface area contributed by atoms with Crippen LogP contribution in [0.2, 0.25) is 0 Å². The molecule has 154 valence electrons. The summed E-state index contributed by atoms with van der Waals surface area (Å²) in [6.45, 7) is 2.20. The predicted octanol–water partition coefficient (Wildman–Crippen LogP) is 1.70. The number of hydrogen-bond donors (Lipinski definition) is 2. The molecule has 10 heteroatoms. The standard InChI is InChI=1S/C19H22N4O5S/c1-3-19(2)17(26)23(18(27)22-19)9-15(25)28-10-14(24)21-16-12(8-20)11-6-4-5-7-13(11)29-16/h3-7,9-10H2,1-2H3,(H,21,24)(H,22,27)/t19-/m1/s1. The van der Waals surface area contributed by atoms with Crippen LogP contribution >= 0.6 is 11.3 Å². The minimum Gasteiger partial charge on any atom is -0.454 e. The Labute approximate surface area is 172 Å². The van der Waals surface area contributed by atoms with E-state index in [1.165, 1.54) is 11.3 Å². The smallest absolute Gasteiger partial charge is 0.326 e. The molecular weight excluding hydrogens is 396 g/mol. The van der Waals surface area contributed by atoms with Crippen LogP contribution < -0.4 is 10.6 Å². The van der Waals surface area contributed by atoms with Gasteiger partial charge in [-0.3, -0.25) is 19.3 Å². The second kappa shape index (κ2) is 8.21. The first kappa shape index (κ1) is 20.8. The Bertz CT molecular complexity index is 918. The van der Waals surface area contributed by atoms with Gasteiger partial charge in [-0.1, -0.05) is 6.92 Å². The fourth-order valence-corrected chi connectivity index (χ4v) is 4.64. The summed E-state index contributed by atoms with van der Waals surface area (Å²) in [5.41, 5.74) is 0.428. The molecule has 9 nitrogen and oxygen atoms in total. The zero-order chi connectivity index (χ0) is 21.2. The number of hydrogen-bond acceptors (Lipinski definition) is 7. The highest BCUT2D eigenvalue weighted by molar-refractivity contribution is 7.16. The number of urea groups is 1. The van der Waals surface area contributed by atoms with Crippen LogP contribution in [-0.4, -0.2) is 47.4 Å². The van der Waals surface area contributed by atoms with Gasteiger partial charge >= 0.3 is 12.0 Å². The molecule has 0 aromatic carbocycles. The van der Waals surface area contributed by atoms with E-state index in [2.05, 4.69) is 16.7 Å². The van der Waals surface area contributed by atoms with Gasteiger partial charge in [-0.15, -0.1) is 11.3 Å². The minimum atomic E-state index is -1.04. The zero-order valence-electron chi connectivity index (χ0n) is 16.3. The highest BCUT2D eigenvalue weighted by Crippen LogP contribution is 2.37. The summed E-state index contributed by atoms with van der Waals surface area (Å²) in [5, 5.41) is 15.0. The Hall–Kier alpha value is -2.93. The lowest BCUT2D eigenvalue weighted by Crippen LogP contribution is -2.43. The van der Waals surface area contributed by atoms with Crippen molar-refractivity contribution in [3.05, 3.63) is 16.0 Å². The Morgan fingerprint density at radius 3 is 2.72 bits per heavy atom. The number of carbonyl (C=O) groups is 4. The molecule has 1 aromatic rings. The number of rotatable bonds is 6. The highest BCUT2D eigenvalue weighted by atomic mass is 32.1. The van der Waals surface area contributed by atoms with Gasteiger partial charge in [0, 0.05) is 4.88 Å². The Morgan fingerprint density at radius 1 is 1.34 bits per heavy atom. The van der Waals surface area contributed by atoms with Gasteiger partial charge in [0.1, 0.15) is 23.2 Å². The minimum absolute atomic E-state index is 0.386. The van der Waals surface area contributed by atoms with Crippen molar-refractivity contribution < 1.29 is 23.9 Å². The summed E-state index contributed by atoms with van der Waals surface area (Å²) in [7, 11) is 0. The molecule has 0 unspecified atom stereocenters. The monoisotopic (exact) mass is 418 g/mol. The van der Waals surface area contributed by atoms with Crippen LogP contribution in [0.1, 0.15) is 49.1 Å². The van der Waals surface area contributed by atoms with Crippen LogP contribution in [0.5, 0.6) is 0 Å². The lowest BCUT2D eigenvalue weighted by Gasteiger charge is -2.18. The summed E-state index contributed by atoms with van der Waals surface area (Å²) in [6.07, 6.45) is 4.18. The van der Waals surface area contributed by atoms with E-state index in [9.17, 15) is 24.4 Å². The topological polar surface area (TPSA) is 129 Å². The third kappa shape index (κ3) is 4.10. The Kier molecular flexibility index (Phi) is 5.88. The lowest BCUT2D eigenvalue weighted by atomic mass is 9.96. The number of fused-ring (bicyclic) bond motifs is 1. The van der Waals surface area contributed by atoms with Crippen LogP contribution in [0.25, 0.3) is 0 Å². The molecule has 1 aliphatic carbocycles. The van der Waals surface area contributed by atoms with E-state index in [4.69, 9.17) is 4.74 Å². The van der Waals surface area contributed by atoms with Crippen molar-refractivity contribution >= 4 is 40.2 Å². The zero-order valence-corrected chi connectivity index (χ0v) is 17.1. The fraction of sp³-hybridized carbons (Fsp3) is 0.526. The van der Waals surface area contributed by atoms with Crippen molar-refractivity contribution in [2.75, 3.05) is 18.5 Å². The van der Waals surface area contributed by atoms with Crippen molar-refractivity contribution in [3.63, 3.8) is 0 Å². The van der Waals surface area contributed by atoms with Crippen molar-refractivity contribution in [2.45, 2.75) is 51.5 Å². The molecule has 0 bridgehead atoms. The second-order valence-electron chi connectivity index (χ2n) is 7.24. The fourth-order valence-electron chi connectivity index (χ4n) is 3.39. The maximum absolute atomic E-state index is 12.3. The number of esters is 1. The van der Waals surface area contributed by atoms with Crippen molar-refractivity contribution in [3.8, 4) is 6.07 Å². The molecule has 1 fully saturated rings. The number of ether oxygens (including phenoxy) is 1. The molecule has 3 rings (SSSR count). The first-order chi connectivity index (χ1) is 13.8. The van der Waals surface area contributed by atoms with Crippen LogP contribution in [-0.2, 0) is 32.0 Å². The van der Waals surface area contributed by atoms with Crippen molar-refractivity contribution in [1.29, 1.82) is 5.26 Å². The average molecular weight is 418 g/mol. The third-order valence-electron chi connectivity index (χ3n) is 5.24. The van der Waals surface area contributed by atoms with E-state index in [0.29, 0.717) is 17.0 Å². The molecule has 29 heavy (non-hydrogen) atoms. The van der Waals surface area contributed by atoms with Crippen LogP contribution in [0.15, 0.2) is 0 Å². The molecule has 1 aromatic heterocycles. The quantitative estimate of drug-likeness (QED) is 0.534. The summed E-state index contributed by atoms with van der Waals surface area (Å²) < 4.78 is 4.91. The van der Waals surface area contributed by atoms with E-state index in [-0.39, 0.29) is 0 Å². The van der Waals surface area contributed by atoms with E-state index >= 15 is 0 Å². The molecule has 0 spiro atoms. The summed E-state index contributed by atoms with van der Waals surface area (Å²) in [6, 6.07) is 1.48. The number of imide groups is 1. The van der Waals surface area contributed by atoms with Crippen LogP contribution in [0.4, 0.5) is 9.80 Å². The molecule has 0 radical (unpaired) electrons. The molecular formula is C19H22N4O5S. The van der Waals surface area contributed by atoms with E-state index in [0.717, 1.165) is 41.0 Å². The molecule has 1 saturated heterocycles. The van der Waals surface area contributed by atoms with Gasteiger partial charge in [0.2, 0.25) is 0 Å². The molecule has 2 N–H and O–H groups in total. The predicted molar refractivity (Wildman–Crippen MR) is 104 cm³/mol. The third-order valence-corrected chi connectivity index (χ3v) is 6.45. The maximum atomic E-state index is 12.3. The van der Waals surface area contributed by atoms with Gasteiger partial charge in [0.05, 0.1) is 5.56 Å². The van der Waals surface area contributed by atoms with Gasteiger partial charge in [0.15, 0.2) is 6.61 Å². The van der Waals surface area contributed by atoms with Gasteiger partial charge in [-0.2, -0.15) is 5.26 Å². The molecule has 2 aliphatic rings. The molecule has 1 aliphatic heterocycles. The highest BCUT2D eigenvalue weighted by Gasteiger charge is 2.47. The van der Waals surface area contributed by atoms with Gasteiger partial charge in [-0.05, 0) is 44.6 Å². The number of nitrogens with one attached hydrogen (secondary N) is 2. The number of nitriles is 1. The molecule has 2 heterocycles. The molecule has 0 saturated carbocycles. The van der Waals surface area contributed by atoms with E-state index in [1.54, 1.807) is 13.8 Å². The number of aryl methyl sites for hydroxylation is 1. The van der Waals surface area contributed by atoms with Gasteiger partial charge in [0.25, 0.3) is 11.8 Å². The number of thiophene rings is 1. The van der Waals surface area contributed by atoms with E-state index in [1.807, 2.05) is 0 Å². The van der Waals surface area contributed by atoms with Gasteiger partial charge in [-0.25, -0.2) is 4.79 Å². The Morgan fingerprint density at radius 2 is 2.07 bits per heavy atom. The first-order valence-electron chi connectivity index (χ1n) is 9.43. The summed E-state index contributed by atoms with van der Waals surface area (Å²) >= 11 is 1.38. The number of carbonyl (C=O) groups excluding carboxylic acids is 4. The number of amides is 4. The lowest BCUT2D eigenvalue weighted by molar-refractivity contribution is -0.150. The van der Waals surface area contributed by atoms with E-state index < -0.39 is 42.5 Å². The molecule has 4 amide bonds. The second-order valence-corrected chi connectivity index (χ2v) is 8.35. The molecule has 1 atom stereocenters. The first-order valence-corrected chi connectivity index (χ1v) is 10.2. The van der Waals surface area contributed by atoms with Crippen molar-refractivity contribution in [2.24, 2.45) is 0 Å². The van der Waals surface area contributed by atoms with Crippen LogP contribution in [0, 0.1) is 11.3 Å². The summed E-state index contributed by atoms with van der Waals surface area (Å²) in [4.78, 5) is 50.3.